The van der Waals surface area contributed by atoms with Crippen LogP contribution in [-0.4, -0.2) is 14.0 Å². The lowest BCUT2D eigenvalue weighted by molar-refractivity contribution is 0.389. The number of hydrogen-bond donors (Lipinski definition) is 2. The summed E-state index contributed by atoms with van der Waals surface area (Å²) in [6.07, 6.45) is 1.41. The smallest absolute Gasteiger partial charge is 0.242 e. The second kappa shape index (κ2) is 5.47. The summed E-state index contributed by atoms with van der Waals surface area (Å²) < 4.78 is 27.2. The molecule has 0 saturated heterocycles. The molecular formula is C12H19ClN2O2S. The van der Waals surface area contributed by atoms with Crippen LogP contribution in [0.1, 0.15) is 33.6 Å². The van der Waals surface area contributed by atoms with Gasteiger partial charge in [0, 0.05) is 11.2 Å². The molecule has 0 aliphatic rings. The molecule has 18 heavy (non-hydrogen) atoms. The molecule has 0 aliphatic heterocycles. The summed E-state index contributed by atoms with van der Waals surface area (Å²) in [5.41, 5.74) is 5.52. The molecule has 0 unspecified atom stereocenters. The Morgan fingerprint density at radius 3 is 2.33 bits per heavy atom. The molecule has 0 saturated carbocycles. The second-order valence-electron chi connectivity index (χ2n) is 4.56. The minimum Gasteiger partial charge on any atom is -0.399 e. The van der Waals surface area contributed by atoms with Crippen LogP contribution in [0, 0.1) is 0 Å². The van der Waals surface area contributed by atoms with Crippen LogP contribution < -0.4 is 10.5 Å². The number of benzene rings is 1. The quantitative estimate of drug-likeness (QED) is 0.819. The number of hydrogen-bond acceptors (Lipinski definition) is 3. The van der Waals surface area contributed by atoms with Gasteiger partial charge in [-0.2, -0.15) is 0 Å². The van der Waals surface area contributed by atoms with Crippen LogP contribution in [0.5, 0.6) is 0 Å². The third-order valence-electron chi connectivity index (χ3n) is 3.19. The number of nitrogen functional groups attached to an aromatic ring is 1. The number of nitrogens with two attached hydrogens (primary N) is 1. The normalized spacial score (nSPS) is 12.7. The molecule has 0 radical (unpaired) electrons. The van der Waals surface area contributed by atoms with Crippen molar-refractivity contribution in [1.29, 1.82) is 0 Å². The predicted octanol–water partition coefficient (Wildman–Crippen LogP) is 2.78. The lowest BCUT2D eigenvalue weighted by Gasteiger charge is -2.28. The molecule has 1 aromatic rings. The van der Waals surface area contributed by atoms with Crippen molar-refractivity contribution in [2.75, 3.05) is 5.73 Å². The van der Waals surface area contributed by atoms with Gasteiger partial charge in [0.2, 0.25) is 10.0 Å². The highest BCUT2D eigenvalue weighted by Gasteiger charge is 2.28. The van der Waals surface area contributed by atoms with Crippen molar-refractivity contribution in [3.63, 3.8) is 0 Å². The summed E-state index contributed by atoms with van der Waals surface area (Å²) in [5, 5.41) is 0.136. The van der Waals surface area contributed by atoms with Crippen LogP contribution in [0.4, 0.5) is 5.69 Å². The minimum absolute atomic E-state index is 0.0616. The van der Waals surface area contributed by atoms with E-state index in [2.05, 4.69) is 4.72 Å². The number of anilines is 1. The van der Waals surface area contributed by atoms with E-state index in [1.54, 1.807) is 0 Å². The first kappa shape index (κ1) is 15.3. The number of rotatable bonds is 5. The molecule has 0 aromatic heterocycles. The van der Waals surface area contributed by atoms with E-state index in [4.69, 9.17) is 17.3 Å². The Morgan fingerprint density at radius 2 is 1.89 bits per heavy atom. The fourth-order valence-electron chi connectivity index (χ4n) is 1.51. The Hall–Kier alpha value is -0.780. The zero-order valence-corrected chi connectivity index (χ0v) is 12.4. The Kier molecular flexibility index (Phi) is 4.64. The van der Waals surface area contributed by atoms with E-state index in [0.29, 0.717) is 18.5 Å². The maximum absolute atomic E-state index is 12.3. The van der Waals surface area contributed by atoms with E-state index in [1.807, 2.05) is 20.8 Å². The van der Waals surface area contributed by atoms with Gasteiger partial charge in [0.25, 0.3) is 0 Å². The fourth-order valence-corrected chi connectivity index (χ4v) is 3.61. The van der Waals surface area contributed by atoms with Gasteiger partial charge in [-0.3, -0.25) is 0 Å². The summed E-state index contributed by atoms with van der Waals surface area (Å²) in [7, 11) is -3.63. The van der Waals surface area contributed by atoms with Crippen LogP contribution in [0.25, 0.3) is 0 Å². The van der Waals surface area contributed by atoms with Crippen molar-refractivity contribution < 1.29 is 8.42 Å². The highest BCUT2D eigenvalue weighted by Crippen LogP contribution is 2.26. The van der Waals surface area contributed by atoms with E-state index in [1.165, 1.54) is 18.2 Å². The molecule has 6 heteroatoms. The van der Waals surface area contributed by atoms with Gasteiger partial charge >= 0.3 is 0 Å². The van der Waals surface area contributed by atoms with E-state index in [9.17, 15) is 8.42 Å². The van der Waals surface area contributed by atoms with Crippen molar-refractivity contribution in [3.05, 3.63) is 23.2 Å². The third-order valence-corrected chi connectivity index (χ3v) is 5.31. The molecule has 4 nitrogen and oxygen atoms in total. The Balaban J connectivity index is 3.15. The molecule has 1 rings (SSSR count). The topological polar surface area (TPSA) is 72.2 Å². The summed E-state index contributed by atoms with van der Waals surface area (Å²) in [6, 6.07) is 4.38. The average molecular weight is 291 g/mol. The van der Waals surface area contributed by atoms with Crippen molar-refractivity contribution in [2.45, 2.75) is 44.0 Å². The lowest BCUT2D eigenvalue weighted by Crippen LogP contribution is -2.44. The molecule has 3 N–H and O–H groups in total. The molecule has 0 aliphatic carbocycles. The third kappa shape index (κ3) is 3.37. The first-order valence-corrected chi connectivity index (χ1v) is 7.69. The van der Waals surface area contributed by atoms with Gasteiger partial charge in [-0.05, 0) is 38.0 Å². The van der Waals surface area contributed by atoms with Gasteiger partial charge in [-0.25, -0.2) is 13.1 Å². The van der Waals surface area contributed by atoms with Crippen LogP contribution >= 0.6 is 11.6 Å². The largest absolute Gasteiger partial charge is 0.399 e. The molecular weight excluding hydrogens is 272 g/mol. The summed E-state index contributed by atoms with van der Waals surface area (Å²) in [6.45, 7) is 5.75. The Labute approximate surface area is 114 Å². The van der Waals surface area contributed by atoms with Gasteiger partial charge in [0.1, 0.15) is 4.90 Å². The highest BCUT2D eigenvalue weighted by molar-refractivity contribution is 7.89. The van der Waals surface area contributed by atoms with Crippen molar-refractivity contribution in [2.24, 2.45) is 0 Å². The minimum atomic E-state index is -3.63. The molecule has 0 heterocycles. The second-order valence-corrected chi connectivity index (χ2v) is 6.62. The lowest BCUT2D eigenvalue weighted by atomic mass is 9.98. The van der Waals surface area contributed by atoms with Crippen LogP contribution in [-0.2, 0) is 10.0 Å². The van der Waals surface area contributed by atoms with Gasteiger partial charge < -0.3 is 5.73 Å². The summed E-state index contributed by atoms with van der Waals surface area (Å²) in [5.74, 6) is 0. The number of halogens is 1. The zero-order chi connectivity index (χ0) is 14.0. The van der Waals surface area contributed by atoms with Gasteiger partial charge in [-0.15, -0.1) is 0 Å². The SMILES string of the molecule is CCC(C)(CC)NS(=O)(=O)c1ccc(N)cc1Cl. The highest BCUT2D eigenvalue weighted by atomic mass is 35.5. The van der Waals surface area contributed by atoms with Crippen molar-refractivity contribution in [1.82, 2.24) is 4.72 Å². The molecule has 0 fully saturated rings. The first-order chi connectivity index (χ1) is 8.24. The maximum Gasteiger partial charge on any atom is 0.242 e. The zero-order valence-electron chi connectivity index (χ0n) is 10.8. The molecule has 0 amide bonds. The predicted molar refractivity (Wildman–Crippen MR) is 75.2 cm³/mol. The Morgan fingerprint density at radius 1 is 1.33 bits per heavy atom. The molecule has 0 atom stereocenters. The van der Waals surface area contributed by atoms with Crippen molar-refractivity contribution >= 4 is 27.3 Å². The van der Waals surface area contributed by atoms with Crippen LogP contribution in [0.15, 0.2) is 23.1 Å². The molecule has 102 valence electrons. The maximum atomic E-state index is 12.3. The van der Waals surface area contributed by atoms with Gasteiger partial charge in [-0.1, -0.05) is 25.4 Å². The number of sulfonamides is 1. The number of nitrogens with one attached hydrogen (secondary N) is 1. The van der Waals surface area contributed by atoms with Gasteiger partial charge in [0.15, 0.2) is 0 Å². The first-order valence-electron chi connectivity index (χ1n) is 5.83. The summed E-state index contributed by atoms with van der Waals surface area (Å²) in [4.78, 5) is 0.0616. The standard InChI is InChI=1S/C12H19ClN2O2S/c1-4-12(3,5-2)15-18(16,17)11-7-6-9(14)8-10(11)13/h6-8,15H,4-5,14H2,1-3H3. The molecule has 0 bridgehead atoms. The van der Waals surface area contributed by atoms with E-state index in [-0.39, 0.29) is 9.92 Å². The van der Waals surface area contributed by atoms with E-state index in [0.717, 1.165) is 0 Å². The van der Waals surface area contributed by atoms with E-state index >= 15 is 0 Å². The molecule has 1 aromatic carbocycles. The summed E-state index contributed by atoms with van der Waals surface area (Å²) >= 11 is 5.93. The fraction of sp³-hybridized carbons (Fsp3) is 0.500. The van der Waals surface area contributed by atoms with Crippen molar-refractivity contribution in [3.8, 4) is 0 Å². The monoisotopic (exact) mass is 290 g/mol. The average Bonchev–Trinajstić information content (AvgIpc) is 2.27. The Bertz CT molecular complexity index is 525. The van der Waals surface area contributed by atoms with Crippen LogP contribution in [0.3, 0.4) is 0 Å². The molecule has 0 spiro atoms. The van der Waals surface area contributed by atoms with Crippen LogP contribution in [0.2, 0.25) is 5.02 Å². The van der Waals surface area contributed by atoms with Gasteiger partial charge in [0.05, 0.1) is 5.02 Å². The van der Waals surface area contributed by atoms with E-state index < -0.39 is 15.6 Å².